The van der Waals surface area contributed by atoms with Gasteiger partial charge in [-0.15, -0.1) is 12.4 Å². The smallest absolute Gasteiger partial charge is 0.246 e. The molecular formula is C11H20ClN3O3S. The highest BCUT2D eigenvalue weighted by molar-refractivity contribution is 7.89. The van der Waals surface area contributed by atoms with Gasteiger partial charge in [-0.25, -0.2) is 13.1 Å². The minimum atomic E-state index is -3.54. The van der Waals surface area contributed by atoms with Gasteiger partial charge in [0.2, 0.25) is 10.0 Å². The van der Waals surface area contributed by atoms with E-state index in [1.54, 1.807) is 13.8 Å². The Balaban J connectivity index is 0.00000180. The number of piperidine rings is 1. The summed E-state index contributed by atoms with van der Waals surface area (Å²) < 4.78 is 32.2. The van der Waals surface area contributed by atoms with E-state index < -0.39 is 10.0 Å². The second-order valence-corrected chi connectivity index (χ2v) is 6.50. The van der Waals surface area contributed by atoms with Crippen LogP contribution in [0.15, 0.2) is 9.42 Å². The second-order valence-electron chi connectivity index (χ2n) is 4.85. The number of hydrogen-bond donors (Lipinski definition) is 2. The third-order valence-corrected chi connectivity index (χ3v) is 4.95. The Bertz CT molecular complexity index is 510. The number of aryl methyl sites for hydroxylation is 2. The third kappa shape index (κ3) is 3.68. The van der Waals surface area contributed by atoms with Crippen LogP contribution < -0.4 is 10.0 Å². The highest BCUT2D eigenvalue weighted by atomic mass is 35.5. The van der Waals surface area contributed by atoms with E-state index in [-0.39, 0.29) is 23.3 Å². The Hall–Kier alpha value is -0.630. The molecule has 2 heterocycles. The first-order chi connectivity index (χ1) is 8.40. The molecule has 0 saturated carbocycles. The van der Waals surface area contributed by atoms with Crippen LogP contribution in [-0.4, -0.2) is 32.2 Å². The monoisotopic (exact) mass is 309 g/mol. The Morgan fingerprint density at radius 1 is 1.42 bits per heavy atom. The molecule has 0 radical (unpaired) electrons. The van der Waals surface area contributed by atoms with Crippen LogP contribution in [0.5, 0.6) is 0 Å². The van der Waals surface area contributed by atoms with Gasteiger partial charge >= 0.3 is 0 Å². The van der Waals surface area contributed by atoms with E-state index in [9.17, 15) is 8.42 Å². The van der Waals surface area contributed by atoms with Gasteiger partial charge in [-0.2, -0.15) is 0 Å². The zero-order valence-corrected chi connectivity index (χ0v) is 12.9. The number of hydrogen-bond acceptors (Lipinski definition) is 5. The number of nitrogens with one attached hydrogen (secondary N) is 2. The molecule has 1 fully saturated rings. The van der Waals surface area contributed by atoms with Gasteiger partial charge in [-0.1, -0.05) is 5.16 Å². The number of aromatic nitrogens is 1. The Kier molecular flexibility index (Phi) is 5.37. The van der Waals surface area contributed by atoms with Crippen LogP contribution in [0.2, 0.25) is 0 Å². The van der Waals surface area contributed by atoms with Crippen molar-refractivity contribution in [3.05, 3.63) is 11.5 Å². The van der Waals surface area contributed by atoms with E-state index >= 15 is 0 Å². The minimum Gasteiger partial charge on any atom is -0.360 e. The first kappa shape index (κ1) is 16.4. The van der Waals surface area contributed by atoms with Crippen molar-refractivity contribution >= 4 is 22.4 Å². The van der Waals surface area contributed by atoms with Gasteiger partial charge in [0.05, 0.1) is 0 Å². The number of sulfonamides is 1. The largest absolute Gasteiger partial charge is 0.360 e. The molecule has 0 bridgehead atoms. The van der Waals surface area contributed by atoms with Gasteiger partial charge in [0.1, 0.15) is 10.6 Å². The SMILES string of the molecule is Cc1noc(C)c1S(=O)(=O)NC1CCNC(C)C1.Cl. The standard InChI is InChI=1S/C11H19N3O3S.ClH/c1-7-6-10(4-5-12-7)14-18(15,16)11-8(2)13-17-9(11)3;/h7,10,12,14H,4-6H2,1-3H3;1H. The molecule has 0 aromatic carbocycles. The predicted molar refractivity (Wildman–Crippen MR) is 74.0 cm³/mol. The lowest BCUT2D eigenvalue weighted by molar-refractivity contribution is 0.361. The van der Waals surface area contributed by atoms with Gasteiger partial charge in [-0.3, -0.25) is 0 Å². The zero-order chi connectivity index (χ0) is 13.3. The molecule has 1 saturated heterocycles. The minimum absolute atomic E-state index is 0. The fourth-order valence-electron chi connectivity index (χ4n) is 2.38. The van der Waals surface area contributed by atoms with E-state index in [2.05, 4.69) is 22.1 Å². The maximum absolute atomic E-state index is 12.3. The van der Waals surface area contributed by atoms with Crippen LogP contribution in [-0.2, 0) is 10.0 Å². The van der Waals surface area contributed by atoms with Crippen molar-refractivity contribution in [1.29, 1.82) is 0 Å². The molecule has 1 aromatic rings. The summed E-state index contributed by atoms with van der Waals surface area (Å²) in [5.41, 5.74) is 0.405. The van der Waals surface area contributed by atoms with E-state index in [0.717, 1.165) is 19.4 Å². The quantitative estimate of drug-likeness (QED) is 0.874. The van der Waals surface area contributed by atoms with Crippen LogP contribution >= 0.6 is 12.4 Å². The maximum Gasteiger partial charge on any atom is 0.246 e. The molecule has 110 valence electrons. The molecule has 19 heavy (non-hydrogen) atoms. The van der Waals surface area contributed by atoms with Crippen molar-refractivity contribution in [3.8, 4) is 0 Å². The van der Waals surface area contributed by atoms with Gasteiger partial charge in [0, 0.05) is 12.1 Å². The van der Waals surface area contributed by atoms with Crippen molar-refractivity contribution in [3.63, 3.8) is 0 Å². The van der Waals surface area contributed by atoms with Crippen molar-refractivity contribution in [2.75, 3.05) is 6.54 Å². The van der Waals surface area contributed by atoms with Crippen LogP contribution in [0.25, 0.3) is 0 Å². The normalized spacial score (nSPS) is 23.9. The first-order valence-electron chi connectivity index (χ1n) is 6.08. The van der Waals surface area contributed by atoms with Crippen molar-refractivity contribution < 1.29 is 12.9 Å². The lowest BCUT2D eigenvalue weighted by Gasteiger charge is -2.28. The maximum atomic E-state index is 12.3. The average molecular weight is 310 g/mol. The van der Waals surface area contributed by atoms with E-state index in [1.807, 2.05) is 0 Å². The molecule has 1 aliphatic rings. The molecule has 2 N–H and O–H groups in total. The second kappa shape index (κ2) is 6.21. The highest BCUT2D eigenvalue weighted by Gasteiger charge is 2.28. The topological polar surface area (TPSA) is 84.2 Å². The van der Waals surface area contributed by atoms with Crippen molar-refractivity contribution in [1.82, 2.24) is 15.2 Å². The molecule has 8 heteroatoms. The van der Waals surface area contributed by atoms with Gasteiger partial charge in [0.15, 0.2) is 5.76 Å². The summed E-state index contributed by atoms with van der Waals surface area (Å²) in [4.78, 5) is 0.175. The molecule has 6 nitrogen and oxygen atoms in total. The third-order valence-electron chi connectivity index (χ3n) is 3.18. The van der Waals surface area contributed by atoms with Gasteiger partial charge in [-0.05, 0) is 40.2 Å². The Morgan fingerprint density at radius 3 is 2.63 bits per heavy atom. The fraction of sp³-hybridized carbons (Fsp3) is 0.727. The molecular weight excluding hydrogens is 290 g/mol. The summed E-state index contributed by atoms with van der Waals surface area (Å²) in [5, 5.41) is 6.97. The number of nitrogens with zero attached hydrogens (tertiary/aromatic N) is 1. The fourth-order valence-corrected chi connectivity index (χ4v) is 3.99. The molecule has 1 aliphatic heterocycles. The highest BCUT2D eigenvalue weighted by Crippen LogP contribution is 2.20. The summed E-state index contributed by atoms with van der Waals surface area (Å²) in [5.74, 6) is 0.335. The van der Waals surface area contributed by atoms with Gasteiger partial charge in [0.25, 0.3) is 0 Å². The lowest BCUT2D eigenvalue weighted by Crippen LogP contribution is -2.46. The molecule has 0 aliphatic carbocycles. The van der Waals surface area contributed by atoms with Crippen LogP contribution in [0, 0.1) is 13.8 Å². The number of halogens is 1. The summed E-state index contributed by atoms with van der Waals surface area (Å²) in [7, 11) is -3.54. The summed E-state index contributed by atoms with van der Waals surface area (Å²) in [6.07, 6.45) is 1.59. The Labute approximate surface area is 119 Å². The summed E-state index contributed by atoms with van der Waals surface area (Å²) >= 11 is 0. The Morgan fingerprint density at radius 2 is 2.11 bits per heavy atom. The number of rotatable bonds is 3. The molecule has 2 unspecified atom stereocenters. The van der Waals surface area contributed by atoms with Crippen LogP contribution in [0.1, 0.15) is 31.2 Å². The van der Waals surface area contributed by atoms with Crippen LogP contribution in [0.4, 0.5) is 0 Å². The van der Waals surface area contributed by atoms with E-state index in [4.69, 9.17) is 4.52 Å². The lowest BCUT2D eigenvalue weighted by atomic mass is 10.0. The molecule has 2 rings (SSSR count). The zero-order valence-electron chi connectivity index (χ0n) is 11.3. The molecule has 1 aromatic heterocycles. The average Bonchev–Trinajstić information content (AvgIpc) is 2.58. The summed E-state index contributed by atoms with van der Waals surface area (Å²) in [6.45, 7) is 6.13. The predicted octanol–water partition coefficient (Wildman–Crippen LogP) is 1.13. The summed E-state index contributed by atoms with van der Waals surface area (Å²) in [6, 6.07) is 0.302. The van der Waals surface area contributed by atoms with E-state index in [1.165, 1.54) is 0 Å². The molecule has 2 atom stereocenters. The van der Waals surface area contributed by atoms with Gasteiger partial charge < -0.3 is 9.84 Å². The van der Waals surface area contributed by atoms with Crippen molar-refractivity contribution in [2.24, 2.45) is 0 Å². The molecule has 0 amide bonds. The molecule has 0 spiro atoms. The first-order valence-corrected chi connectivity index (χ1v) is 7.57. The van der Waals surface area contributed by atoms with Crippen LogP contribution in [0.3, 0.4) is 0 Å². The van der Waals surface area contributed by atoms with Crippen molar-refractivity contribution in [2.45, 2.75) is 50.6 Å². The van der Waals surface area contributed by atoms with E-state index in [0.29, 0.717) is 17.5 Å².